The number of amides is 1. The Kier molecular flexibility index (Phi) is 8.25. The van der Waals surface area contributed by atoms with Crippen LogP contribution in [0.4, 0.5) is 11.4 Å². The van der Waals surface area contributed by atoms with E-state index in [4.69, 9.17) is 16.3 Å². The number of benzene rings is 4. The Hall–Kier alpha value is -4.13. The van der Waals surface area contributed by atoms with Crippen molar-refractivity contribution < 1.29 is 14.3 Å². The molecular formula is C32H30ClN3O3. The normalized spacial score (nSPS) is 14.5. The molecule has 5 rings (SSSR count). The number of ether oxygens (including phenoxy) is 1. The summed E-state index contributed by atoms with van der Waals surface area (Å²) in [5, 5.41) is 3.68. The van der Waals surface area contributed by atoms with Crippen molar-refractivity contribution in [1.29, 1.82) is 0 Å². The van der Waals surface area contributed by atoms with E-state index in [1.54, 1.807) is 0 Å². The first-order valence-corrected chi connectivity index (χ1v) is 13.3. The van der Waals surface area contributed by atoms with Crippen LogP contribution in [0.25, 0.3) is 11.1 Å². The van der Waals surface area contributed by atoms with Gasteiger partial charge in [-0.2, -0.15) is 0 Å². The van der Waals surface area contributed by atoms with Crippen LogP contribution in [0, 0.1) is 0 Å². The predicted molar refractivity (Wildman–Crippen MR) is 156 cm³/mol. The standard InChI is InChI=1S/C32H30ClN3O3/c1-39-32(38)30(24-7-3-2-4-8-24)36-21-19-35(20-22-36)27-17-15-26(16-18-27)34-31(37)29-10-6-5-9-28(29)23-11-13-25(33)14-12-23/h2-18,30H,19-22H2,1H3,(H,34,37). The highest BCUT2D eigenvalue weighted by atomic mass is 35.5. The number of anilines is 2. The molecule has 0 radical (unpaired) electrons. The topological polar surface area (TPSA) is 61.9 Å². The second kappa shape index (κ2) is 12.2. The largest absolute Gasteiger partial charge is 0.468 e. The third-order valence-corrected chi connectivity index (χ3v) is 7.29. The van der Waals surface area contributed by atoms with Crippen molar-refractivity contribution in [3.05, 3.63) is 119 Å². The third kappa shape index (κ3) is 6.14. The fourth-order valence-electron chi connectivity index (χ4n) is 5.00. The van der Waals surface area contributed by atoms with Crippen LogP contribution in [0.5, 0.6) is 0 Å². The van der Waals surface area contributed by atoms with Crippen molar-refractivity contribution in [2.75, 3.05) is 43.5 Å². The molecule has 1 atom stereocenters. The molecule has 4 aromatic rings. The second-order valence-electron chi connectivity index (χ2n) is 9.41. The fraction of sp³-hybridized carbons (Fsp3) is 0.188. The van der Waals surface area contributed by atoms with Gasteiger partial charge in [0.1, 0.15) is 6.04 Å². The number of methoxy groups -OCH3 is 1. The van der Waals surface area contributed by atoms with Crippen molar-refractivity contribution >= 4 is 34.9 Å². The Morgan fingerprint density at radius 1 is 0.795 bits per heavy atom. The van der Waals surface area contributed by atoms with Crippen LogP contribution in [0.1, 0.15) is 22.0 Å². The first-order chi connectivity index (χ1) is 19.0. The van der Waals surface area contributed by atoms with Gasteiger partial charge in [0.2, 0.25) is 0 Å². The number of nitrogens with one attached hydrogen (secondary N) is 1. The molecular weight excluding hydrogens is 510 g/mol. The van der Waals surface area contributed by atoms with Gasteiger partial charge in [-0.15, -0.1) is 0 Å². The molecule has 1 heterocycles. The molecule has 6 nitrogen and oxygen atoms in total. The molecule has 0 aliphatic carbocycles. The first-order valence-electron chi connectivity index (χ1n) is 12.9. The monoisotopic (exact) mass is 539 g/mol. The molecule has 7 heteroatoms. The van der Waals surface area contributed by atoms with E-state index in [0.29, 0.717) is 10.6 Å². The molecule has 39 heavy (non-hydrogen) atoms. The van der Waals surface area contributed by atoms with E-state index in [1.165, 1.54) is 7.11 Å². The Bertz CT molecular complexity index is 1420. The molecule has 0 spiro atoms. The van der Waals surface area contributed by atoms with Gasteiger partial charge in [0.05, 0.1) is 7.11 Å². The van der Waals surface area contributed by atoms with Gasteiger partial charge in [0.25, 0.3) is 5.91 Å². The van der Waals surface area contributed by atoms with Gasteiger partial charge in [0.15, 0.2) is 0 Å². The molecule has 1 aliphatic heterocycles. The highest BCUT2D eigenvalue weighted by Crippen LogP contribution is 2.28. The maximum absolute atomic E-state index is 13.2. The lowest BCUT2D eigenvalue weighted by Gasteiger charge is -2.39. The predicted octanol–water partition coefficient (Wildman–Crippen LogP) is 6.30. The molecule has 1 aliphatic rings. The van der Waals surface area contributed by atoms with Crippen molar-refractivity contribution in [2.45, 2.75) is 6.04 Å². The summed E-state index contributed by atoms with van der Waals surface area (Å²) in [5.74, 6) is -0.413. The number of carbonyl (C=O) groups excluding carboxylic acids is 2. The van der Waals surface area contributed by atoms with Crippen molar-refractivity contribution in [2.24, 2.45) is 0 Å². The summed E-state index contributed by atoms with van der Waals surface area (Å²) in [5.41, 5.74) is 5.11. The lowest BCUT2D eigenvalue weighted by molar-refractivity contribution is -0.147. The number of nitrogens with zero attached hydrogens (tertiary/aromatic N) is 2. The molecule has 1 N–H and O–H groups in total. The van der Waals surface area contributed by atoms with E-state index in [9.17, 15) is 9.59 Å². The molecule has 1 fully saturated rings. The van der Waals surface area contributed by atoms with Gasteiger partial charge in [-0.05, 0) is 59.2 Å². The van der Waals surface area contributed by atoms with Crippen LogP contribution in [0.2, 0.25) is 5.02 Å². The highest BCUT2D eigenvalue weighted by Gasteiger charge is 2.31. The van der Waals surface area contributed by atoms with Gasteiger partial charge < -0.3 is 15.0 Å². The zero-order valence-corrected chi connectivity index (χ0v) is 22.5. The smallest absolute Gasteiger partial charge is 0.327 e. The van der Waals surface area contributed by atoms with E-state index >= 15 is 0 Å². The lowest BCUT2D eigenvalue weighted by Crippen LogP contribution is -2.49. The summed E-state index contributed by atoms with van der Waals surface area (Å²) in [6, 6.07) is 32.2. The van der Waals surface area contributed by atoms with Crippen LogP contribution >= 0.6 is 11.6 Å². The first kappa shape index (κ1) is 26.5. The number of halogens is 1. The fourth-order valence-corrected chi connectivity index (χ4v) is 5.12. The van der Waals surface area contributed by atoms with Crippen LogP contribution < -0.4 is 10.2 Å². The van der Waals surface area contributed by atoms with Crippen LogP contribution in [0.15, 0.2) is 103 Å². The number of hydrogen-bond acceptors (Lipinski definition) is 5. The van der Waals surface area contributed by atoms with E-state index in [0.717, 1.165) is 54.2 Å². The Balaban J connectivity index is 1.23. The Morgan fingerprint density at radius 2 is 1.44 bits per heavy atom. The zero-order chi connectivity index (χ0) is 27.2. The number of piperazine rings is 1. The van der Waals surface area contributed by atoms with Gasteiger partial charge in [-0.25, -0.2) is 4.79 Å². The molecule has 198 valence electrons. The average Bonchev–Trinajstić information content (AvgIpc) is 2.99. The molecule has 1 unspecified atom stereocenters. The summed E-state index contributed by atoms with van der Waals surface area (Å²) in [6.07, 6.45) is 0. The summed E-state index contributed by atoms with van der Waals surface area (Å²) in [6.45, 7) is 3.02. The highest BCUT2D eigenvalue weighted by molar-refractivity contribution is 6.30. The SMILES string of the molecule is COC(=O)C(c1ccccc1)N1CCN(c2ccc(NC(=O)c3ccccc3-c3ccc(Cl)cc3)cc2)CC1. The molecule has 1 saturated heterocycles. The molecule has 0 aromatic heterocycles. The molecule has 4 aromatic carbocycles. The summed E-state index contributed by atoms with van der Waals surface area (Å²) >= 11 is 6.04. The van der Waals surface area contributed by atoms with Crippen LogP contribution in [-0.2, 0) is 9.53 Å². The van der Waals surface area contributed by atoms with Crippen LogP contribution in [0.3, 0.4) is 0 Å². The second-order valence-corrected chi connectivity index (χ2v) is 9.85. The average molecular weight is 540 g/mol. The van der Waals surface area contributed by atoms with E-state index in [-0.39, 0.29) is 11.9 Å². The van der Waals surface area contributed by atoms with Gasteiger partial charge in [-0.1, -0.05) is 72.3 Å². The third-order valence-electron chi connectivity index (χ3n) is 7.04. The van der Waals surface area contributed by atoms with Crippen LogP contribution in [-0.4, -0.2) is 50.1 Å². The van der Waals surface area contributed by atoms with E-state index in [1.807, 2.05) is 103 Å². The maximum atomic E-state index is 13.2. The minimum Gasteiger partial charge on any atom is -0.468 e. The quantitative estimate of drug-likeness (QED) is 0.279. The molecule has 0 bridgehead atoms. The number of hydrogen-bond donors (Lipinski definition) is 1. The summed E-state index contributed by atoms with van der Waals surface area (Å²) in [4.78, 5) is 30.2. The van der Waals surface area contributed by atoms with E-state index in [2.05, 4.69) is 15.1 Å². The van der Waals surface area contributed by atoms with Crippen molar-refractivity contribution in [3.63, 3.8) is 0 Å². The summed E-state index contributed by atoms with van der Waals surface area (Å²) in [7, 11) is 1.44. The Labute approximate surface area is 233 Å². The van der Waals surface area contributed by atoms with Crippen molar-refractivity contribution in [3.8, 4) is 11.1 Å². The van der Waals surface area contributed by atoms with E-state index < -0.39 is 6.04 Å². The summed E-state index contributed by atoms with van der Waals surface area (Å²) < 4.78 is 5.11. The molecule has 1 amide bonds. The lowest BCUT2D eigenvalue weighted by atomic mass is 9.99. The minimum absolute atomic E-state index is 0.170. The number of rotatable bonds is 7. The zero-order valence-electron chi connectivity index (χ0n) is 21.7. The number of carbonyl (C=O) groups is 2. The molecule has 0 saturated carbocycles. The minimum atomic E-state index is -0.410. The maximum Gasteiger partial charge on any atom is 0.327 e. The van der Waals surface area contributed by atoms with Gasteiger partial charge in [-0.3, -0.25) is 9.69 Å². The van der Waals surface area contributed by atoms with Gasteiger partial charge in [0, 0.05) is 48.1 Å². The number of esters is 1. The van der Waals surface area contributed by atoms with Gasteiger partial charge >= 0.3 is 5.97 Å². The van der Waals surface area contributed by atoms with Crippen molar-refractivity contribution in [1.82, 2.24) is 4.90 Å². The Morgan fingerprint density at radius 3 is 2.10 bits per heavy atom.